The molecule has 0 saturated carbocycles. The van der Waals surface area contributed by atoms with Crippen LogP contribution in [0.25, 0.3) is 0 Å². The predicted molar refractivity (Wildman–Crippen MR) is 67.6 cm³/mol. The number of aromatic nitrogens is 4. The van der Waals surface area contributed by atoms with Crippen molar-refractivity contribution in [3.63, 3.8) is 0 Å². The van der Waals surface area contributed by atoms with Gasteiger partial charge in [0.2, 0.25) is 0 Å². The second kappa shape index (κ2) is 4.79. The summed E-state index contributed by atoms with van der Waals surface area (Å²) in [6.45, 7) is 0. The minimum Gasteiger partial charge on any atom is -0.396 e. The maximum absolute atomic E-state index is 12.0. The fourth-order valence-corrected chi connectivity index (χ4v) is 1.61. The van der Waals surface area contributed by atoms with Crippen LogP contribution >= 0.6 is 23.2 Å². The fourth-order valence-electron chi connectivity index (χ4n) is 1.33. The first kappa shape index (κ1) is 12.6. The molecule has 9 heteroatoms. The summed E-state index contributed by atoms with van der Waals surface area (Å²) in [5.74, 6) is -0.369. The fraction of sp³-hybridized carbons (Fsp3) is 0.111. The van der Waals surface area contributed by atoms with Crippen LogP contribution in [0.5, 0.6) is 0 Å². The van der Waals surface area contributed by atoms with E-state index in [1.807, 2.05) is 0 Å². The van der Waals surface area contributed by atoms with Crippen molar-refractivity contribution in [2.45, 2.75) is 0 Å². The van der Waals surface area contributed by atoms with E-state index in [2.05, 4.69) is 20.4 Å². The highest BCUT2D eigenvalue weighted by Gasteiger charge is 2.17. The van der Waals surface area contributed by atoms with Gasteiger partial charge in [-0.3, -0.25) is 9.48 Å². The summed E-state index contributed by atoms with van der Waals surface area (Å²) in [5, 5.41) is 6.46. The lowest BCUT2D eigenvalue weighted by Gasteiger charge is -2.07. The Morgan fingerprint density at radius 1 is 1.44 bits per heavy atom. The molecule has 0 unspecified atom stereocenters. The molecule has 1 amide bonds. The van der Waals surface area contributed by atoms with Gasteiger partial charge in [-0.05, 0) is 0 Å². The molecule has 7 nitrogen and oxygen atoms in total. The molecule has 0 aliphatic rings. The Kier molecular flexibility index (Phi) is 3.35. The Morgan fingerprint density at radius 2 is 2.17 bits per heavy atom. The zero-order valence-electron chi connectivity index (χ0n) is 9.19. The highest BCUT2D eigenvalue weighted by atomic mass is 35.5. The number of hydrogen-bond donors (Lipinski definition) is 2. The van der Waals surface area contributed by atoms with Gasteiger partial charge in [0.25, 0.3) is 5.91 Å². The molecule has 3 N–H and O–H groups in total. The number of nitrogens with zero attached hydrogens (tertiary/aromatic N) is 4. The topological polar surface area (TPSA) is 98.7 Å². The Hall–Kier alpha value is -1.86. The number of anilines is 2. The Labute approximate surface area is 112 Å². The number of nitrogen functional groups attached to an aromatic ring is 1. The Bertz CT molecular complexity index is 592. The van der Waals surface area contributed by atoms with Gasteiger partial charge in [-0.1, -0.05) is 23.2 Å². The molecule has 0 atom stereocenters. The van der Waals surface area contributed by atoms with Crippen LogP contribution in [0.3, 0.4) is 0 Å². The van der Waals surface area contributed by atoms with Crippen LogP contribution in [0.4, 0.5) is 11.5 Å². The quantitative estimate of drug-likeness (QED) is 0.812. The molecule has 0 aliphatic heterocycles. The summed E-state index contributed by atoms with van der Waals surface area (Å²) in [4.78, 5) is 19.5. The van der Waals surface area contributed by atoms with E-state index >= 15 is 0 Å². The lowest BCUT2D eigenvalue weighted by atomic mass is 10.3. The minimum absolute atomic E-state index is 0.0555. The van der Waals surface area contributed by atoms with Gasteiger partial charge in [0.05, 0.1) is 11.9 Å². The molecule has 0 fully saturated rings. The molecule has 0 aromatic carbocycles. The number of halogens is 2. The summed E-state index contributed by atoms with van der Waals surface area (Å²) >= 11 is 11.6. The molecule has 2 aromatic heterocycles. The van der Waals surface area contributed by atoms with Gasteiger partial charge in [-0.2, -0.15) is 5.10 Å². The number of amides is 1. The molecule has 94 valence electrons. The van der Waals surface area contributed by atoms with E-state index < -0.39 is 5.91 Å². The van der Waals surface area contributed by atoms with E-state index in [9.17, 15) is 4.79 Å². The van der Waals surface area contributed by atoms with Crippen LogP contribution in [0.2, 0.25) is 10.2 Å². The number of nitrogens with two attached hydrogens (primary N) is 1. The molecule has 0 aliphatic carbocycles. The molecule has 0 radical (unpaired) electrons. The number of carbonyl (C=O) groups is 1. The van der Waals surface area contributed by atoms with E-state index in [1.54, 1.807) is 7.05 Å². The molecule has 2 heterocycles. The maximum Gasteiger partial charge on any atom is 0.277 e. The molecule has 2 aromatic rings. The van der Waals surface area contributed by atoms with Crippen molar-refractivity contribution in [3.8, 4) is 0 Å². The van der Waals surface area contributed by atoms with E-state index in [4.69, 9.17) is 28.9 Å². The van der Waals surface area contributed by atoms with Gasteiger partial charge < -0.3 is 11.1 Å². The van der Waals surface area contributed by atoms with E-state index in [0.29, 0.717) is 0 Å². The molecule has 2 rings (SSSR count). The number of nitrogens with one attached hydrogen (secondary N) is 1. The molecular formula is C9H8Cl2N6O. The molecule has 0 saturated heterocycles. The van der Waals surface area contributed by atoms with Crippen LogP contribution in [0.1, 0.15) is 10.5 Å². The third-order valence-corrected chi connectivity index (χ3v) is 2.90. The Morgan fingerprint density at radius 3 is 2.78 bits per heavy atom. The van der Waals surface area contributed by atoms with Gasteiger partial charge in [-0.15, -0.1) is 0 Å². The number of carbonyl (C=O) groups excluding carboxylic acids is 1. The minimum atomic E-state index is -0.482. The van der Waals surface area contributed by atoms with Crippen molar-refractivity contribution in [2.24, 2.45) is 7.05 Å². The van der Waals surface area contributed by atoms with Gasteiger partial charge >= 0.3 is 0 Å². The summed E-state index contributed by atoms with van der Waals surface area (Å²) in [6.07, 6.45) is 2.57. The van der Waals surface area contributed by atoms with Crippen molar-refractivity contribution in [2.75, 3.05) is 11.1 Å². The SMILES string of the molecule is Cn1ncc(N)c1C(=O)Nc1ncnc(Cl)c1Cl. The monoisotopic (exact) mass is 286 g/mol. The molecule has 0 bridgehead atoms. The maximum atomic E-state index is 12.0. The highest BCUT2D eigenvalue weighted by molar-refractivity contribution is 6.43. The second-order valence-corrected chi connectivity index (χ2v) is 4.09. The molecule has 0 spiro atoms. The first-order valence-electron chi connectivity index (χ1n) is 4.75. The van der Waals surface area contributed by atoms with E-state index in [1.165, 1.54) is 17.2 Å². The average molecular weight is 287 g/mol. The summed E-state index contributed by atoms with van der Waals surface area (Å²) < 4.78 is 1.35. The van der Waals surface area contributed by atoms with Crippen LogP contribution in [0, 0.1) is 0 Å². The van der Waals surface area contributed by atoms with Crippen LogP contribution < -0.4 is 11.1 Å². The number of rotatable bonds is 2. The van der Waals surface area contributed by atoms with Crippen molar-refractivity contribution in [1.82, 2.24) is 19.7 Å². The van der Waals surface area contributed by atoms with Crippen molar-refractivity contribution in [1.29, 1.82) is 0 Å². The molecular weight excluding hydrogens is 279 g/mol. The van der Waals surface area contributed by atoms with Crippen molar-refractivity contribution >= 4 is 40.6 Å². The lowest BCUT2D eigenvalue weighted by Crippen LogP contribution is -2.18. The normalized spacial score (nSPS) is 10.4. The third-order valence-electron chi connectivity index (χ3n) is 2.16. The smallest absolute Gasteiger partial charge is 0.277 e. The zero-order valence-corrected chi connectivity index (χ0v) is 10.7. The van der Waals surface area contributed by atoms with Crippen molar-refractivity contribution < 1.29 is 4.79 Å². The van der Waals surface area contributed by atoms with E-state index in [0.717, 1.165) is 0 Å². The van der Waals surface area contributed by atoms with Crippen LogP contribution in [-0.2, 0) is 7.05 Å². The van der Waals surface area contributed by atoms with Crippen LogP contribution in [0.15, 0.2) is 12.5 Å². The van der Waals surface area contributed by atoms with Gasteiger partial charge in [-0.25, -0.2) is 9.97 Å². The standard InChI is InChI=1S/C9H8Cl2N6O/c1-17-6(4(12)2-15-17)9(18)16-8-5(10)7(11)13-3-14-8/h2-3H,12H2,1H3,(H,13,14,16,18). The Balaban J connectivity index is 2.30. The first-order chi connectivity index (χ1) is 8.50. The predicted octanol–water partition coefficient (Wildman–Crippen LogP) is 1.35. The summed E-state index contributed by atoms with van der Waals surface area (Å²) in [5.41, 5.74) is 6.09. The zero-order chi connectivity index (χ0) is 13.3. The van der Waals surface area contributed by atoms with Gasteiger partial charge in [0.15, 0.2) is 11.0 Å². The summed E-state index contributed by atoms with van der Waals surface area (Å²) in [7, 11) is 1.60. The lowest BCUT2D eigenvalue weighted by molar-refractivity contribution is 0.101. The van der Waals surface area contributed by atoms with Gasteiger partial charge in [0.1, 0.15) is 17.0 Å². The molecule has 18 heavy (non-hydrogen) atoms. The second-order valence-electron chi connectivity index (χ2n) is 3.35. The van der Waals surface area contributed by atoms with Crippen molar-refractivity contribution in [3.05, 3.63) is 28.4 Å². The van der Waals surface area contributed by atoms with Gasteiger partial charge in [0, 0.05) is 7.05 Å². The third kappa shape index (κ3) is 2.22. The average Bonchev–Trinajstić information content (AvgIpc) is 2.65. The highest BCUT2D eigenvalue weighted by Crippen LogP contribution is 2.26. The number of hydrogen-bond acceptors (Lipinski definition) is 5. The largest absolute Gasteiger partial charge is 0.396 e. The van der Waals surface area contributed by atoms with E-state index in [-0.39, 0.29) is 27.4 Å². The number of aryl methyl sites for hydroxylation is 1. The first-order valence-corrected chi connectivity index (χ1v) is 5.51. The summed E-state index contributed by atoms with van der Waals surface area (Å²) in [6, 6.07) is 0. The van der Waals surface area contributed by atoms with Crippen LogP contribution in [-0.4, -0.2) is 25.7 Å².